The van der Waals surface area contributed by atoms with Crippen LogP contribution in [0.15, 0.2) is 47.6 Å². The van der Waals surface area contributed by atoms with Crippen molar-refractivity contribution in [2.75, 3.05) is 26.3 Å². The molecule has 0 aliphatic rings. The minimum atomic E-state index is 0. The van der Waals surface area contributed by atoms with Crippen molar-refractivity contribution in [2.45, 2.75) is 53.0 Å². The zero-order valence-electron chi connectivity index (χ0n) is 20.0. The van der Waals surface area contributed by atoms with Crippen LogP contribution in [0.2, 0.25) is 0 Å². The van der Waals surface area contributed by atoms with Crippen LogP contribution in [0.1, 0.15) is 52.0 Å². The zero-order valence-corrected chi connectivity index (χ0v) is 22.4. The molecule has 0 amide bonds. The lowest BCUT2D eigenvalue weighted by Crippen LogP contribution is -2.40. The Hall–Kier alpha value is -2.07. The number of aromatic nitrogens is 1. The highest BCUT2D eigenvalue weighted by molar-refractivity contribution is 14.0. The van der Waals surface area contributed by atoms with Crippen molar-refractivity contribution in [1.29, 1.82) is 0 Å². The first-order chi connectivity index (χ1) is 15.7. The van der Waals surface area contributed by atoms with Gasteiger partial charge in [0.25, 0.3) is 0 Å². The van der Waals surface area contributed by atoms with Gasteiger partial charge in [0.05, 0.1) is 13.2 Å². The average molecular weight is 571 g/mol. The number of benzene rings is 1. The highest BCUT2D eigenvalue weighted by atomic mass is 127. The number of rotatable bonds is 14. The van der Waals surface area contributed by atoms with Crippen molar-refractivity contribution in [3.63, 3.8) is 0 Å². The van der Waals surface area contributed by atoms with Gasteiger partial charge >= 0.3 is 0 Å². The molecule has 7 nitrogen and oxygen atoms in total. The summed E-state index contributed by atoms with van der Waals surface area (Å²) in [5, 5.41) is 16.0. The number of aliphatic hydroxyl groups excluding tert-OH is 1. The Bertz CT molecular complexity index is 814. The number of hydrogen-bond acceptors (Lipinski definition) is 5. The van der Waals surface area contributed by atoms with E-state index in [1.165, 1.54) is 0 Å². The average Bonchev–Trinajstić information content (AvgIpc) is 2.81. The van der Waals surface area contributed by atoms with E-state index < -0.39 is 0 Å². The second kappa shape index (κ2) is 17.4. The molecule has 0 spiro atoms. The summed E-state index contributed by atoms with van der Waals surface area (Å²) in [6.07, 6.45) is 5.61. The number of para-hydroxylation sites is 2. The Morgan fingerprint density at radius 3 is 2.52 bits per heavy atom. The number of aliphatic hydroxyl groups is 1. The maximum atomic E-state index is 9.30. The standard InChI is InChI=1S/C25H38N4O3.HI/c1-4-10-20(14-16-30)18-28-25(26-6-3)29-19-21-11-9-15-27-24(21)32-23-13-8-7-12-22(23)31-17-5-2;/h7-9,11-13,15,20,30H,4-6,10,14,16-19H2,1-3H3,(H2,26,28,29);1H. The second-order valence-corrected chi connectivity index (χ2v) is 7.61. The summed E-state index contributed by atoms with van der Waals surface area (Å²) in [4.78, 5) is 9.16. The minimum Gasteiger partial charge on any atom is -0.490 e. The quantitative estimate of drug-likeness (QED) is 0.166. The van der Waals surface area contributed by atoms with Crippen LogP contribution in [0.3, 0.4) is 0 Å². The number of halogens is 1. The van der Waals surface area contributed by atoms with E-state index in [-0.39, 0.29) is 30.6 Å². The van der Waals surface area contributed by atoms with Gasteiger partial charge < -0.3 is 25.2 Å². The summed E-state index contributed by atoms with van der Waals surface area (Å²) in [6.45, 7) is 9.09. The third kappa shape index (κ3) is 10.6. The predicted octanol–water partition coefficient (Wildman–Crippen LogP) is 5.13. The number of aliphatic imine (C=N–C) groups is 1. The van der Waals surface area contributed by atoms with Crippen molar-refractivity contribution in [1.82, 2.24) is 15.6 Å². The van der Waals surface area contributed by atoms with Crippen molar-refractivity contribution in [3.8, 4) is 17.4 Å². The van der Waals surface area contributed by atoms with Gasteiger partial charge in [-0.05, 0) is 50.3 Å². The van der Waals surface area contributed by atoms with Gasteiger partial charge in [0.1, 0.15) is 0 Å². The van der Waals surface area contributed by atoms with Crippen LogP contribution in [-0.2, 0) is 6.54 Å². The van der Waals surface area contributed by atoms with Crippen LogP contribution >= 0.6 is 24.0 Å². The van der Waals surface area contributed by atoms with E-state index in [9.17, 15) is 5.11 Å². The maximum Gasteiger partial charge on any atom is 0.224 e. The maximum absolute atomic E-state index is 9.30. The normalized spacial score (nSPS) is 11.9. The summed E-state index contributed by atoms with van der Waals surface area (Å²) in [5.41, 5.74) is 0.885. The smallest absolute Gasteiger partial charge is 0.224 e. The van der Waals surface area contributed by atoms with E-state index >= 15 is 0 Å². The van der Waals surface area contributed by atoms with Crippen LogP contribution < -0.4 is 20.1 Å². The molecule has 2 rings (SSSR count). The molecule has 184 valence electrons. The van der Waals surface area contributed by atoms with Crippen molar-refractivity contribution in [2.24, 2.45) is 10.9 Å². The molecule has 33 heavy (non-hydrogen) atoms. The largest absolute Gasteiger partial charge is 0.490 e. The van der Waals surface area contributed by atoms with Gasteiger partial charge in [0.15, 0.2) is 17.5 Å². The van der Waals surface area contributed by atoms with Gasteiger partial charge in [-0.3, -0.25) is 0 Å². The monoisotopic (exact) mass is 570 g/mol. The molecule has 8 heteroatoms. The zero-order chi connectivity index (χ0) is 23.0. The fraction of sp³-hybridized carbons (Fsp3) is 0.520. The van der Waals surface area contributed by atoms with Gasteiger partial charge in [-0.15, -0.1) is 24.0 Å². The molecular weight excluding hydrogens is 531 g/mol. The van der Waals surface area contributed by atoms with Gasteiger partial charge in [-0.1, -0.05) is 38.5 Å². The fourth-order valence-electron chi connectivity index (χ4n) is 3.29. The number of ether oxygens (including phenoxy) is 2. The predicted molar refractivity (Wildman–Crippen MR) is 145 cm³/mol. The summed E-state index contributed by atoms with van der Waals surface area (Å²) in [7, 11) is 0. The molecule has 0 aliphatic heterocycles. The van der Waals surface area contributed by atoms with Gasteiger partial charge in [-0.2, -0.15) is 0 Å². The number of guanidine groups is 1. The van der Waals surface area contributed by atoms with Crippen LogP contribution in [0, 0.1) is 5.92 Å². The van der Waals surface area contributed by atoms with E-state index in [1.807, 2.05) is 43.3 Å². The Morgan fingerprint density at radius 2 is 1.82 bits per heavy atom. The Labute approximate surface area is 215 Å². The summed E-state index contributed by atoms with van der Waals surface area (Å²) in [6, 6.07) is 11.5. The van der Waals surface area contributed by atoms with Crippen LogP contribution in [0.25, 0.3) is 0 Å². The van der Waals surface area contributed by atoms with E-state index in [0.29, 0.717) is 36.4 Å². The number of hydrogen-bond donors (Lipinski definition) is 3. The molecule has 2 aromatic rings. The first-order valence-corrected chi connectivity index (χ1v) is 11.7. The molecule has 0 fully saturated rings. The fourth-order valence-corrected chi connectivity index (χ4v) is 3.29. The molecule has 0 radical (unpaired) electrons. The Balaban J connectivity index is 0.00000544. The van der Waals surface area contributed by atoms with Crippen molar-refractivity contribution < 1.29 is 14.6 Å². The lowest BCUT2D eigenvalue weighted by atomic mass is 10.0. The molecule has 0 saturated carbocycles. The summed E-state index contributed by atoms with van der Waals surface area (Å²) in [5.74, 6) is 3.03. The number of nitrogens with one attached hydrogen (secondary N) is 2. The SMILES string of the molecule is CCCOc1ccccc1Oc1ncccc1CN=C(NCC)NCC(CCC)CCO.I. The molecule has 0 bridgehead atoms. The molecule has 0 saturated heterocycles. The van der Waals surface area contributed by atoms with Gasteiger partial charge in [0, 0.05) is 31.5 Å². The van der Waals surface area contributed by atoms with Crippen LogP contribution in [0.4, 0.5) is 0 Å². The van der Waals surface area contributed by atoms with E-state index in [4.69, 9.17) is 14.5 Å². The van der Waals surface area contributed by atoms with Crippen molar-refractivity contribution >= 4 is 29.9 Å². The second-order valence-electron chi connectivity index (χ2n) is 7.61. The molecule has 1 atom stereocenters. The van der Waals surface area contributed by atoms with Crippen molar-refractivity contribution in [3.05, 3.63) is 48.2 Å². The first kappa shape index (κ1) is 29.0. The third-order valence-corrected chi connectivity index (χ3v) is 4.91. The molecule has 3 N–H and O–H groups in total. The van der Waals surface area contributed by atoms with E-state index in [1.54, 1.807) is 6.20 Å². The third-order valence-electron chi connectivity index (χ3n) is 4.91. The molecule has 1 unspecified atom stereocenters. The first-order valence-electron chi connectivity index (χ1n) is 11.7. The molecule has 0 aliphatic carbocycles. The van der Waals surface area contributed by atoms with Crippen LogP contribution in [-0.4, -0.2) is 42.4 Å². The lowest BCUT2D eigenvalue weighted by molar-refractivity contribution is 0.251. The minimum absolute atomic E-state index is 0. The highest BCUT2D eigenvalue weighted by Gasteiger charge is 2.12. The Morgan fingerprint density at radius 1 is 1.03 bits per heavy atom. The Kier molecular flexibility index (Phi) is 15.3. The topological polar surface area (TPSA) is 88.0 Å². The number of nitrogens with zero attached hydrogens (tertiary/aromatic N) is 2. The molecule has 1 aromatic heterocycles. The molecule has 1 heterocycles. The lowest BCUT2D eigenvalue weighted by Gasteiger charge is -2.18. The molecule has 1 aromatic carbocycles. The van der Waals surface area contributed by atoms with Crippen LogP contribution in [0.5, 0.6) is 17.4 Å². The summed E-state index contributed by atoms with van der Waals surface area (Å²) < 4.78 is 11.9. The van der Waals surface area contributed by atoms with E-state index in [2.05, 4.69) is 29.5 Å². The van der Waals surface area contributed by atoms with Gasteiger partial charge in [0.2, 0.25) is 5.88 Å². The van der Waals surface area contributed by atoms with Gasteiger partial charge in [-0.25, -0.2) is 9.98 Å². The highest BCUT2D eigenvalue weighted by Crippen LogP contribution is 2.32. The summed E-state index contributed by atoms with van der Waals surface area (Å²) >= 11 is 0. The number of pyridine rings is 1. The van der Waals surface area contributed by atoms with E-state index in [0.717, 1.165) is 50.3 Å². The molecular formula is C25H39IN4O3.